The van der Waals surface area contributed by atoms with Crippen molar-refractivity contribution < 1.29 is 0 Å². The second-order valence-corrected chi connectivity index (χ2v) is 3.38. The minimum absolute atomic E-state index is 1.20. The molecule has 0 N–H and O–H groups in total. The molecular formula is C12H21N. The van der Waals surface area contributed by atoms with Crippen LogP contribution >= 0.6 is 0 Å². The first kappa shape index (κ1) is 12.2. The Morgan fingerprint density at radius 3 is 2.54 bits per heavy atom. The summed E-state index contributed by atoms with van der Waals surface area (Å²) in [4.78, 5) is 4.00. The predicted molar refractivity (Wildman–Crippen MR) is 61.2 cm³/mol. The molecule has 0 saturated heterocycles. The van der Waals surface area contributed by atoms with E-state index in [1.165, 1.54) is 36.8 Å². The van der Waals surface area contributed by atoms with Crippen LogP contribution in [0.15, 0.2) is 28.9 Å². The molecule has 0 atom stereocenters. The Hall–Kier alpha value is -0.850. The van der Waals surface area contributed by atoms with Crippen molar-refractivity contribution in [1.29, 1.82) is 0 Å². The lowest BCUT2D eigenvalue weighted by molar-refractivity contribution is 0.711. The molecule has 0 unspecified atom stereocenters. The highest BCUT2D eigenvalue weighted by molar-refractivity contribution is 5.79. The minimum atomic E-state index is 1.20. The zero-order chi connectivity index (χ0) is 10.1. The van der Waals surface area contributed by atoms with E-state index in [9.17, 15) is 0 Å². The van der Waals surface area contributed by atoms with E-state index in [1.807, 2.05) is 6.21 Å². The van der Waals surface area contributed by atoms with Crippen molar-refractivity contribution in [3.8, 4) is 0 Å². The van der Waals surface area contributed by atoms with Crippen molar-refractivity contribution in [2.75, 3.05) is 0 Å². The van der Waals surface area contributed by atoms with Crippen LogP contribution < -0.4 is 0 Å². The number of allylic oxidation sites excluding steroid dienone is 2. The van der Waals surface area contributed by atoms with Gasteiger partial charge in [0, 0.05) is 12.4 Å². The van der Waals surface area contributed by atoms with E-state index >= 15 is 0 Å². The summed E-state index contributed by atoms with van der Waals surface area (Å²) < 4.78 is 0. The summed E-state index contributed by atoms with van der Waals surface area (Å²) >= 11 is 0. The maximum absolute atomic E-state index is 4.00. The van der Waals surface area contributed by atoms with E-state index in [0.717, 1.165) is 0 Å². The van der Waals surface area contributed by atoms with Gasteiger partial charge in [-0.3, -0.25) is 4.99 Å². The minimum Gasteiger partial charge on any atom is -0.265 e. The lowest BCUT2D eigenvalue weighted by Crippen LogP contribution is -1.86. The van der Waals surface area contributed by atoms with Gasteiger partial charge in [-0.2, -0.15) is 0 Å². The van der Waals surface area contributed by atoms with Crippen LogP contribution in [-0.2, 0) is 0 Å². The Bertz CT molecular complexity index is 199. The molecule has 13 heavy (non-hydrogen) atoms. The second kappa shape index (κ2) is 7.78. The number of unbranched alkanes of at least 4 members (excludes halogenated alkanes) is 2. The van der Waals surface area contributed by atoms with Gasteiger partial charge in [-0.05, 0) is 32.3 Å². The first-order chi connectivity index (χ1) is 6.22. The van der Waals surface area contributed by atoms with Gasteiger partial charge in [0.25, 0.3) is 0 Å². The summed E-state index contributed by atoms with van der Waals surface area (Å²) in [5.41, 5.74) is 2.72. The summed E-state index contributed by atoms with van der Waals surface area (Å²) in [5, 5.41) is 0. The Morgan fingerprint density at radius 2 is 2.00 bits per heavy atom. The van der Waals surface area contributed by atoms with Crippen molar-refractivity contribution >= 4 is 6.21 Å². The predicted octanol–water partition coefficient (Wildman–Crippen LogP) is 4.12. The molecule has 0 spiro atoms. The fourth-order valence-corrected chi connectivity index (χ4v) is 1.11. The van der Waals surface area contributed by atoms with E-state index in [4.69, 9.17) is 0 Å². The molecule has 0 bridgehead atoms. The van der Waals surface area contributed by atoms with E-state index in [0.29, 0.717) is 0 Å². The van der Waals surface area contributed by atoms with Crippen LogP contribution in [0.5, 0.6) is 0 Å². The normalized spacial score (nSPS) is 13.2. The molecule has 0 aromatic carbocycles. The van der Waals surface area contributed by atoms with Crippen molar-refractivity contribution in [3.63, 3.8) is 0 Å². The molecule has 0 rings (SSSR count). The van der Waals surface area contributed by atoms with Gasteiger partial charge in [-0.15, -0.1) is 0 Å². The molecule has 0 amide bonds. The molecular weight excluding hydrogens is 158 g/mol. The van der Waals surface area contributed by atoms with Gasteiger partial charge < -0.3 is 0 Å². The maximum atomic E-state index is 4.00. The number of rotatable bonds is 6. The molecule has 1 nitrogen and oxygen atoms in total. The Balaban J connectivity index is 3.95. The van der Waals surface area contributed by atoms with Crippen LogP contribution in [0.3, 0.4) is 0 Å². The van der Waals surface area contributed by atoms with E-state index < -0.39 is 0 Å². The molecule has 74 valence electrons. The molecule has 0 fully saturated rings. The number of hydrogen-bond donors (Lipinski definition) is 0. The standard InChI is InChI=1S/C12H21N/c1-5-7-8-9-11(3)12(4)10-13-6-2/h6,10H,2,5,7-9H2,1,3-4H3/b12-11-,13-10-. The SMILES string of the molecule is C=C/N=C\C(C)=C(\C)CCCCC. The molecule has 0 radical (unpaired) electrons. The van der Waals surface area contributed by atoms with Crippen molar-refractivity contribution in [2.24, 2.45) is 4.99 Å². The summed E-state index contributed by atoms with van der Waals surface area (Å²) in [7, 11) is 0. The zero-order valence-electron chi connectivity index (χ0n) is 9.14. The average molecular weight is 179 g/mol. The van der Waals surface area contributed by atoms with Crippen LogP contribution in [0.4, 0.5) is 0 Å². The lowest BCUT2D eigenvalue weighted by atomic mass is 10.0. The third-order valence-corrected chi connectivity index (χ3v) is 2.20. The quantitative estimate of drug-likeness (QED) is 0.429. The average Bonchev–Trinajstić information content (AvgIpc) is 2.14. The van der Waals surface area contributed by atoms with Gasteiger partial charge in [0.2, 0.25) is 0 Å². The van der Waals surface area contributed by atoms with E-state index in [1.54, 1.807) is 6.20 Å². The Labute approximate surface area is 82.3 Å². The fourth-order valence-electron chi connectivity index (χ4n) is 1.11. The summed E-state index contributed by atoms with van der Waals surface area (Å²) in [6.07, 6.45) is 8.55. The largest absolute Gasteiger partial charge is 0.265 e. The molecule has 1 heteroatoms. The van der Waals surface area contributed by atoms with Gasteiger partial charge in [0.1, 0.15) is 0 Å². The highest BCUT2D eigenvalue weighted by Crippen LogP contribution is 2.11. The van der Waals surface area contributed by atoms with Gasteiger partial charge >= 0.3 is 0 Å². The highest BCUT2D eigenvalue weighted by Gasteiger charge is 1.93. The number of hydrogen-bond acceptors (Lipinski definition) is 1. The monoisotopic (exact) mass is 179 g/mol. The highest BCUT2D eigenvalue weighted by atomic mass is 14.7. The van der Waals surface area contributed by atoms with Gasteiger partial charge in [-0.1, -0.05) is 31.9 Å². The first-order valence-corrected chi connectivity index (χ1v) is 5.02. The fraction of sp³-hybridized carbons (Fsp3) is 0.583. The molecule has 0 aliphatic heterocycles. The number of aliphatic imine (C=N–C) groups is 1. The Kier molecular flexibility index (Phi) is 7.27. The van der Waals surface area contributed by atoms with Crippen LogP contribution in [0.2, 0.25) is 0 Å². The van der Waals surface area contributed by atoms with E-state index in [-0.39, 0.29) is 0 Å². The van der Waals surface area contributed by atoms with Crippen LogP contribution in [-0.4, -0.2) is 6.21 Å². The van der Waals surface area contributed by atoms with Crippen LogP contribution in [0.25, 0.3) is 0 Å². The summed E-state index contributed by atoms with van der Waals surface area (Å²) in [6.45, 7) is 10.1. The summed E-state index contributed by atoms with van der Waals surface area (Å²) in [6, 6.07) is 0. The first-order valence-electron chi connectivity index (χ1n) is 5.02. The van der Waals surface area contributed by atoms with Gasteiger partial charge in [0.05, 0.1) is 0 Å². The van der Waals surface area contributed by atoms with E-state index in [2.05, 4.69) is 32.3 Å². The smallest absolute Gasteiger partial charge is 0.0296 e. The zero-order valence-corrected chi connectivity index (χ0v) is 9.14. The molecule has 0 aliphatic rings. The third-order valence-electron chi connectivity index (χ3n) is 2.20. The molecule has 0 aromatic heterocycles. The number of nitrogens with zero attached hydrogens (tertiary/aromatic N) is 1. The molecule has 0 aromatic rings. The third kappa shape index (κ3) is 6.32. The summed E-state index contributed by atoms with van der Waals surface area (Å²) in [5.74, 6) is 0. The lowest BCUT2D eigenvalue weighted by Gasteiger charge is -2.02. The van der Waals surface area contributed by atoms with Crippen molar-refractivity contribution in [1.82, 2.24) is 0 Å². The van der Waals surface area contributed by atoms with Gasteiger partial charge in [0.15, 0.2) is 0 Å². The Morgan fingerprint density at radius 1 is 1.31 bits per heavy atom. The van der Waals surface area contributed by atoms with Gasteiger partial charge in [-0.25, -0.2) is 0 Å². The molecule has 0 saturated carbocycles. The van der Waals surface area contributed by atoms with Crippen molar-refractivity contribution in [2.45, 2.75) is 46.5 Å². The van der Waals surface area contributed by atoms with Crippen LogP contribution in [0, 0.1) is 0 Å². The van der Waals surface area contributed by atoms with Crippen molar-refractivity contribution in [3.05, 3.63) is 23.9 Å². The topological polar surface area (TPSA) is 12.4 Å². The molecule has 0 heterocycles. The van der Waals surface area contributed by atoms with Crippen LogP contribution in [0.1, 0.15) is 46.5 Å². The second-order valence-electron chi connectivity index (χ2n) is 3.38. The molecule has 0 aliphatic carbocycles. The maximum Gasteiger partial charge on any atom is 0.0296 e.